The second kappa shape index (κ2) is 9.33. The fourth-order valence-electron chi connectivity index (χ4n) is 2.69. The smallest absolute Gasteiger partial charge is 0.238 e. The van der Waals surface area contributed by atoms with Crippen molar-refractivity contribution >= 4 is 51.7 Å². The molecule has 0 bridgehead atoms. The Morgan fingerprint density at radius 1 is 1.31 bits per heavy atom. The Hall–Kier alpha value is -2.51. The van der Waals surface area contributed by atoms with Crippen LogP contribution in [0.5, 0.6) is 5.75 Å². The molecule has 8 heteroatoms. The normalized spacial score (nSPS) is 18.1. The Labute approximate surface area is 179 Å². The second-order valence-corrected chi connectivity index (χ2v) is 8.11. The molecule has 0 radical (unpaired) electrons. The van der Waals surface area contributed by atoms with E-state index >= 15 is 0 Å². The maximum absolute atomic E-state index is 12.7. The van der Waals surface area contributed by atoms with E-state index in [9.17, 15) is 9.59 Å². The van der Waals surface area contributed by atoms with Crippen molar-refractivity contribution in [1.82, 2.24) is 4.90 Å². The van der Waals surface area contributed by atoms with Crippen molar-refractivity contribution in [2.24, 2.45) is 4.99 Å². The average Bonchev–Trinajstić information content (AvgIpc) is 2.69. The van der Waals surface area contributed by atoms with Crippen molar-refractivity contribution in [2.45, 2.75) is 25.5 Å². The van der Waals surface area contributed by atoms with Gasteiger partial charge >= 0.3 is 0 Å². The molecular weight excluding hydrogens is 410 g/mol. The van der Waals surface area contributed by atoms with Gasteiger partial charge in [0.05, 0.1) is 12.3 Å². The van der Waals surface area contributed by atoms with E-state index in [2.05, 4.69) is 10.3 Å². The van der Waals surface area contributed by atoms with Crippen LogP contribution in [0.1, 0.15) is 18.9 Å². The number of ether oxygens (including phenoxy) is 1. The van der Waals surface area contributed by atoms with Crippen molar-refractivity contribution in [3.8, 4) is 5.75 Å². The number of anilines is 1. The number of carbonyl (C=O) groups is 2. The number of thioether (sulfide) groups is 1. The van der Waals surface area contributed by atoms with E-state index in [1.54, 1.807) is 19.2 Å². The van der Waals surface area contributed by atoms with E-state index < -0.39 is 5.25 Å². The highest BCUT2D eigenvalue weighted by molar-refractivity contribution is 8.15. The number of nitrogens with one attached hydrogen (secondary N) is 1. The predicted octanol–water partition coefficient (Wildman–Crippen LogP) is 4.64. The van der Waals surface area contributed by atoms with E-state index in [1.165, 1.54) is 16.7 Å². The minimum absolute atomic E-state index is 0.106. The van der Waals surface area contributed by atoms with Crippen molar-refractivity contribution in [3.63, 3.8) is 0 Å². The summed E-state index contributed by atoms with van der Waals surface area (Å²) in [5.74, 6) is 0.345. The van der Waals surface area contributed by atoms with E-state index in [-0.39, 0.29) is 18.2 Å². The number of amides is 2. The Balaban J connectivity index is 1.75. The summed E-state index contributed by atoms with van der Waals surface area (Å²) in [7, 11) is 1.66. The molecule has 0 spiro atoms. The summed E-state index contributed by atoms with van der Waals surface area (Å²) in [6, 6.07) is 12.6. The zero-order valence-corrected chi connectivity index (χ0v) is 18.0. The van der Waals surface area contributed by atoms with Crippen LogP contribution in [-0.2, 0) is 9.59 Å². The molecule has 3 rings (SSSR count). The number of rotatable bonds is 5. The van der Waals surface area contributed by atoms with Gasteiger partial charge in [-0.05, 0) is 55.8 Å². The van der Waals surface area contributed by atoms with Gasteiger partial charge < -0.3 is 10.1 Å². The molecule has 29 heavy (non-hydrogen) atoms. The summed E-state index contributed by atoms with van der Waals surface area (Å²) in [6.07, 6.45) is 0.106. The molecule has 1 saturated heterocycles. The Kier molecular flexibility index (Phi) is 6.82. The molecule has 2 aromatic rings. The highest BCUT2D eigenvalue weighted by Crippen LogP contribution is 2.30. The van der Waals surface area contributed by atoms with Gasteiger partial charge in [0, 0.05) is 24.2 Å². The average molecular weight is 432 g/mol. The number of amidine groups is 1. The highest BCUT2D eigenvalue weighted by Gasteiger charge is 2.34. The van der Waals surface area contributed by atoms with Gasteiger partial charge in [0.15, 0.2) is 5.17 Å². The topological polar surface area (TPSA) is 71.0 Å². The number of hydrogen-bond donors (Lipinski definition) is 1. The minimum atomic E-state index is -0.569. The number of benzene rings is 2. The number of carbonyl (C=O) groups excluding carboxylic acids is 2. The molecular formula is C21H22ClN3O3S. The summed E-state index contributed by atoms with van der Waals surface area (Å²) in [5.41, 5.74) is 2.21. The van der Waals surface area contributed by atoms with E-state index in [0.29, 0.717) is 28.2 Å². The summed E-state index contributed by atoms with van der Waals surface area (Å²) in [4.78, 5) is 31.1. The molecule has 152 valence electrons. The molecule has 1 aliphatic rings. The summed E-state index contributed by atoms with van der Waals surface area (Å²) >= 11 is 7.39. The number of nitrogens with zero attached hydrogens (tertiary/aromatic N) is 2. The van der Waals surface area contributed by atoms with E-state index in [0.717, 1.165) is 11.3 Å². The molecule has 1 atom stereocenters. The molecule has 1 unspecified atom stereocenters. The quantitative estimate of drug-likeness (QED) is 0.748. The van der Waals surface area contributed by atoms with E-state index in [4.69, 9.17) is 16.3 Å². The van der Waals surface area contributed by atoms with Gasteiger partial charge in [0.25, 0.3) is 0 Å². The van der Waals surface area contributed by atoms with Gasteiger partial charge in [-0.25, -0.2) is 4.99 Å². The maximum atomic E-state index is 12.7. The van der Waals surface area contributed by atoms with Crippen LogP contribution < -0.4 is 10.1 Å². The predicted molar refractivity (Wildman–Crippen MR) is 118 cm³/mol. The Morgan fingerprint density at radius 3 is 2.69 bits per heavy atom. The zero-order valence-electron chi connectivity index (χ0n) is 16.4. The molecule has 2 amide bonds. The third-order valence-electron chi connectivity index (χ3n) is 4.37. The third-order valence-corrected chi connectivity index (χ3v) is 6.02. The van der Waals surface area contributed by atoms with Crippen LogP contribution in [0.25, 0.3) is 0 Å². The van der Waals surface area contributed by atoms with Crippen LogP contribution in [0.2, 0.25) is 5.02 Å². The lowest BCUT2D eigenvalue weighted by Gasteiger charge is -2.28. The number of halogens is 1. The standard InChI is InChI=1S/C21H22ClN3O3S/c1-4-28-16-9-7-14(8-10-16)24-21-25(3)19(26)12-18(29-21)20(27)23-15-6-5-13(2)17(22)11-15/h5-11,18H,4,12H2,1-3H3,(H,23,27). The number of aliphatic imine (C=N–C) groups is 1. The van der Waals surface area contributed by atoms with Crippen LogP contribution >= 0.6 is 23.4 Å². The molecule has 0 aromatic heterocycles. The molecule has 0 aliphatic carbocycles. The minimum Gasteiger partial charge on any atom is -0.494 e. The van der Waals surface area contributed by atoms with Crippen molar-refractivity contribution < 1.29 is 14.3 Å². The summed E-state index contributed by atoms with van der Waals surface area (Å²) in [6.45, 7) is 4.40. The van der Waals surface area contributed by atoms with Crippen LogP contribution in [0.15, 0.2) is 47.5 Å². The van der Waals surface area contributed by atoms with Crippen molar-refractivity contribution in [2.75, 3.05) is 19.0 Å². The zero-order chi connectivity index (χ0) is 21.0. The van der Waals surface area contributed by atoms with Crippen LogP contribution in [0.4, 0.5) is 11.4 Å². The molecule has 0 saturated carbocycles. The van der Waals surface area contributed by atoms with Crippen molar-refractivity contribution in [3.05, 3.63) is 53.1 Å². The van der Waals surface area contributed by atoms with Gasteiger partial charge in [-0.2, -0.15) is 0 Å². The lowest BCUT2D eigenvalue weighted by Crippen LogP contribution is -2.43. The fraction of sp³-hybridized carbons (Fsp3) is 0.286. The van der Waals surface area contributed by atoms with Gasteiger partial charge in [-0.3, -0.25) is 14.5 Å². The lowest BCUT2D eigenvalue weighted by atomic mass is 10.2. The molecule has 1 N–H and O–H groups in total. The molecule has 1 fully saturated rings. The first kappa shape index (κ1) is 21.2. The molecule has 6 nitrogen and oxygen atoms in total. The maximum Gasteiger partial charge on any atom is 0.238 e. The van der Waals surface area contributed by atoms with Gasteiger partial charge in [0.2, 0.25) is 11.8 Å². The lowest BCUT2D eigenvalue weighted by molar-refractivity contribution is -0.128. The molecule has 1 heterocycles. The number of aryl methyl sites for hydroxylation is 1. The van der Waals surface area contributed by atoms with Crippen LogP contribution in [-0.4, -0.2) is 40.8 Å². The Morgan fingerprint density at radius 2 is 2.03 bits per heavy atom. The summed E-state index contributed by atoms with van der Waals surface area (Å²) < 4.78 is 5.43. The summed E-state index contributed by atoms with van der Waals surface area (Å²) in [5, 5.41) is 3.32. The third kappa shape index (κ3) is 5.31. The monoisotopic (exact) mass is 431 g/mol. The SMILES string of the molecule is CCOc1ccc(N=C2SC(C(=O)Nc3ccc(C)c(Cl)c3)CC(=O)N2C)cc1. The molecule has 1 aliphatic heterocycles. The number of hydrogen-bond acceptors (Lipinski definition) is 5. The van der Waals surface area contributed by atoms with Crippen molar-refractivity contribution in [1.29, 1.82) is 0 Å². The Bertz CT molecular complexity index is 947. The van der Waals surface area contributed by atoms with E-state index in [1.807, 2.05) is 44.2 Å². The van der Waals surface area contributed by atoms with Gasteiger partial charge in [-0.15, -0.1) is 0 Å². The fourth-order valence-corrected chi connectivity index (χ4v) is 3.93. The molecule has 2 aromatic carbocycles. The van der Waals surface area contributed by atoms with Crippen LogP contribution in [0, 0.1) is 6.92 Å². The first-order valence-corrected chi connectivity index (χ1v) is 10.4. The van der Waals surface area contributed by atoms with Gasteiger partial charge in [-0.1, -0.05) is 29.4 Å². The highest BCUT2D eigenvalue weighted by atomic mass is 35.5. The van der Waals surface area contributed by atoms with Crippen LogP contribution in [0.3, 0.4) is 0 Å². The largest absolute Gasteiger partial charge is 0.494 e. The first-order chi connectivity index (χ1) is 13.9. The first-order valence-electron chi connectivity index (χ1n) is 9.19. The second-order valence-electron chi connectivity index (χ2n) is 6.54. The van der Waals surface area contributed by atoms with Gasteiger partial charge in [0.1, 0.15) is 11.0 Å².